The number of amides is 1. The number of allylic oxidation sites excluding steroid dienone is 2. The molecule has 1 amide bonds. The van der Waals surface area contributed by atoms with Crippen LogP contribution in [0.2, 0.25) is 0 Å². The summed E-state index contributed by atoms with van der Waals surface area (Å²) in [6.07, 6.45) is 4.66. The van der Waals surface area contributed by atoms with E-state index >= 15 is 0 Å². The van der Waals surface area contributed by atoms with Crippen LogP contribution in [0.5, 0.6) is 0 Å². The van der Waals surface area contributed by atoms with Gasteiger partial charge in [0.2, 0.25) is 5.79 Å². The molecule has 13 heteroatoms. The van der Waals surface area contributed by atoms with E-state index in [0.29, 0.717) is 63.1 Å². The zero-order chi connectivity index (χ0) is 37.2. The molecule has 50 heavy (non-hydrogen) atoms. The average Bonchev–Trinajstić information content (AvgIpc) is 3.11. The van der Waals surface area contributed by atoms with Crippen LogP contribution in [-0.4, -0.2) is 113 Å². The van der Waals surface area contributed by atoms with Gasteiger partial charge in [0.15, 0.2) is 5.78 Å². The number of esters is 1. The molecule has 0 radical (unpaired) electrons. The van der Waals surface area contributed by atoms with Gasteiger partial charge in [-0.3, -0.25) is 19.2 Å². The molecule has 1 aliphatic carbocycles. The highest BCUT2D eigenvalue weighted by atomic mass is 16.6. The molecule has 282 valence electrons. The number of likely N-dealkylation sites (tertiary alicyclic amines) is 1. The molecule has 0 bridgehead atoms. The number of carbonyl (C=O) groups excluding carboxylic acids is 5. The van der Waals surface area contributed by atoms with Crippen LogP contribution in [0.15, 0.2) is 23.5 Å². The third kappa shape index (κ3) is 10.3. The van der Waals surface area contributed by atoms with Crippen LogP contribution in [0.4, 0.5) is 0 Å². The van der Waals surface area contributed by atoms with Gasteiger partial charge in [0.05, 0.1) is 30.7 Å². The SMILES string of the molecule is CO[C@@H](C[C@@H]1CC[C@@H](C)[C@](O)(C(=O)C(=O)N2CCCC[C@H]2C(=O)O[C@@H](CC(=O)/C(C)=C\O)[C@H](C)C[C@@H]2CC[C@@H](O)[C@H](OC)C2)O1)/C(C)=C/C=O. The number of ketones is 2. The maximum Gasteiger partial charge on any atom is 0.329 e. The fourth-order valence-electron chi connectivity index (χ4n) is 7.47. The van der Waals surface area contributed by atoms with Crippen LogP contribution in [0.1, 0.15) is 98.3 Å². The lowest BCUT2D eigenvalue weighted by atomic mass is 9.78. The molecule has 2 aliphatic heterocycles. The van der Waals surface area contributed by atoms with Gasteiger partial charge in [-0.2, -0.15) is 0 Å². The maximum atomic E-state index is 13.9. The van der Waals surface area contributed by atoms with Gasteiger partial charge in [-0.05, 0) is 95.1 Å². The molecule has 2 saturated heterocycles. The summed E-state index contributed by atoms with van der Waals surface area (Å²) in [5.41, 5.74) is 0.761. The van der Waals surface area contributed by atoms with Crippen molar-refractivity contribution < 1.29 is 58.2 Å². The number of aliphatic hydroxyl groups excluding tert-OH is 2. The van der Waals surface area contributed by atoms with E-state index in [1.54, 1.807) is 21.0 Å². The van der Waals surface area contributed by atoms with Crippen LogP contribution >= 0.6 is 0 Å². The van der Waals surface area contributed by atoms with Crippen molar-refractivity contribution in [3.63, 3.8) is 0 Å². The van der Waals surface area contributed by atoms with Gasteiger partial charge in [0, 0.05) is 45.1 Å². The van der Waals surface area contributed by atoms with Crippen molar-refractivity contribution in [1.82, 2.24) is 4.90 Å². The zero-order valence-corrected chi connectivity index (χ0v) is 30.4. The number of aldehydes is 1. The molecule has 1 saturated carbocycles. The predicted octanol–water partition coefficient (Wildman–Crippen LogP) is 3.53. The highest BCUT2D eigenvalue weighted by Crippen LogP contribution is 2.37. The first-order chi connectivity index (χ1) is 23.7. The molecule has 0 spiro atoms. The Kier molecular flexibility index (Phi) is 15.8. The lowest BCUT2D eigenvalue weighted by Gasteiger charge is -2.42. The number of hydrogen-bond donors (Lipinski definition) is 3. The standard InChI is InChI=1S/C37H57NO12/c1-22(14-16-39)31(47-5)19-27-12-10-25(4)37(46,50-27)34(43)35(44)38-15-8-7-9-28(38)36(45)49-32(20-30(42)24(3)21-40)23(2)17-26-11-13-29(41)33(18-26)48-6/h14,16,21,23,25-29,31-33,40-41,46H,7-13,15,17-20H2,1-6H3/b22-14+,24-21-/t23-,25-,26+,27+,28+,29-,31+,32+,33-,37-/m1/s1. The van der Waals surface area contributed by atoms with Crippen molar-refractivity contribution >= 4 is 29.7 Å². The van der Waals surface area contributed by atoms with E-state index in [2.05, 4.69) is 0 Å². The molecule has 3 aliphatic rings. The van der Waals surface area contributed by atoms with Gasteiger partial charge in [-0.1, -0.05) is 13.8 Å². The zero-order valence-electron chi connectivity index (χ0n) is 30.4. The van der Waals surface area contributed by atoms with Crippen LogP contribution in [0, 0.1) is 17.8 Å². The van der Waals surface area contributed by atoms with Gasteiger partial charge in [0.25, 0.3) is 11.7 Å². The highest BCUT2D eigenvalue weighted by molar-refractivity contribution is 6.39. The molecular weight excluding hydrogens is 650 g/mol. The number of ether oxygens (including phenoxy) is 4. The summed E-state index contributed by atoms with van der Waals surface area (Å²) >= 11 is 0. The Hall–Kier alpha value is -2.97. The first-order valence-electron chi connectivity index (χ1n) is 17.9. The minimum atomic E-state index is -2.43. The summed E-state index contributed by atoms with van der Waals surface area (Å²) in [4.78, 5) is 66.6. The summed E-state index contributed by atoms with van der Waals surface area (Å²) in [5, 5.41) is 31.3. The van der Waals surface area contributed by atoms with Gasteiger partial charge >= 0.3 is 5.97 Å². The van der Waals surface area contributed by atoms with Crippen LogP contribution in [0.3, 0.4) is 0 Å². The van der Waals surface area contributed by atoms with Crippen molar-refractivity contribution in [2.24, 2.45) is 17.8 Å². The Bertz CT molecular complexity index is 1260. The number of Topliss-reactive ketones (excluding diaryl/α,β-unsaturated/α-hetero) is 2. The molecule has 13 nitrogen and oxygen atoms in total. The van der Waals surface area contributed by atoms with Gasteiger partial charge < -0.3 is 39.2 Å². The van der Waals surface area contributed by atoms with E-state index in [4.69, 9.17) is 18.9 Å². The van der Waals surface area contributed by atoms with E-state index in [-0.39, 0.29) is 49.3 Å². The summed E-state index contributed by atoms with van der Waals surface area (Å²) < 4.78 is 22.9. The second kappa shape index (κ2) is 19.0. The third-order valence-corrected chi connectivity index (χ3v) is 10.9. The number of hydrogen-bond acceptors (Lipinski definition) is 12. The number of carbonyl (C=O) groups is 5. The average molecular weight is 708 g/mol. The smallest absolute Gasteiger partial charge is 0.329 e. The Balaban J connectivity index is 1.78. The summed E-state index contributed by atoms with van der Waals surface area (Å²) in [6.45, 7) is 6.79. The number of piperidine rings is 1. The molecule has 3 rings (SSSR count). The summed E-state index contributed by atoms with van der Waals surface area (Å²) in [7, 11) is 3.04. The molecule has 0 unspecified atom stereocenters. The highest BCUT2D eigenvalue weighted by Gasteiger charge is 2.53. The number of aliphatic hydroxyl groups is 3. The number of nitrogens with zero attached hydrogens (tertiary/aromatic N) is 1. The first kappa shape index (κ1) is 41.5. The fourth-order valence-corrected chi connectivity index (χ4v) is 7.47. The molecule has 10 atom stereocenters. The second-order valence-corrected chi connectivity index (χ2v) is 14.4. The van der Waals surface area contributed by atoms with Crippen LogP contribution < -0.4 is 0 Å². The monoisotopic (exact) mass is 707 g/mol. The topological polar surface area (TPSA) is 186 Å². The molecule has 0 aromatic carbocycles. The fraction of sp³-hybridized carbons (Fsp3) is 0.757. The summed E-state index contributed by atoms with van der Waals surface area (Å²) in [6, 6.07) is -1.12. The normalized spacial score (nSPS) is 31.3. The molecular formula is C37H57NO12. The lowest BCUT2D eigenvalue weighted by Crippen LogP contribution is -2.61. The van der Waals surface area contributed by atoms with E-state index in [1.165, 1.54) is 20.1 Å². The quantitative estimate of drug-likeness (QED) is 0.0698. The van der Waals surface area contributed by atoms with Crippen molar-refractivity contribution in [3.05, 3.63) is 23.5 Å². The van der Waals surface area contributed by atoms with E-state index in [0.717, 1.165) is 11.3 Å². The van der Waals surface area contributed by atoms with Crippen molar-refractivity contribution in [2.45, 2.75) is 141 Å². The van der Waals surface area contributed by atoms with Crippen molar-refractivity contribution in [1.29, 1.82) is 0 Å². The van der Waals surface area contributed by atoms with E-state index in [9.17, 15) is 39.3 Å². The van der Waals surface area contributed by atoms with Crippen LogP contribution in [-0.2, 0) is 42.9 Å². The number of rotatable bonds is 16. The van der Waals surface area contributed by atoms with Crippen molar-refractivity contribution in [2.75, 3.05) is 20.8 Å². The van der Waals surface area contributed by atoms with E-state index in [1.807, 2.05) is 6.92 Å². The maximum absolute atomic E-state index is 13.9. The van der Waals surface area contributed by atoms with Gasteiger partial charge in [-0.15, -0.1) is 0 Å². The largest absolute Gasteiger partial charge is 0.515 e. The van der Waals surface area contributed by atoms with Crippen molar-refractivity contribution in [3.8, 4) is 0 Å². The molecule has 2 heterocycles. The summed E-state index contributed by atoms with van der Waals surface area (Å²) in [5.74, 6) is -6.65. The minimum Gasteiger partial charge on any atom is -0.515 e. The van der Waals surface area contributed by atoms with Gasteiger partial charge in [0.1, 0.15) is 18.4 Å². The molecule has 3 N–H and O–H groups in total. The van der Waals surface area contributed by atoms with Crippen LogP contribution in [0.25, 0.3) is 0 Å². The third-order valence-electron chi connectivity index (χ3n) is 10.9. The van der Waals surface area contributed by atoms with E-state index < -0.39 is 65.6 Å². The lowest BCUT2D eigenvalue weighted by molar-refractivity contribution is -0.265. The molecule has 3 fully saturated rings. The Morgan fingerprint density at radius 1 is 1.04 bits per heavy atom. The predicted molar refractivity (Wildman–Crippen MR) is 182 cm³/mol. The Morgan fingerprint density at radius 3 is 2.40 bits per heavy atom. The Labute approximate surface area is 295 Å². The van der Waals surface area contributed by atoms with Gasteiger partial charge in [-0.25, -0.2) is 4.79 Å². The number of methoxy groups -OCH3 is 2. The minimum absolute atomic E-state index is 0.0912. The molecule has 0 aromatic heterocycles. The first-order valence-corrected chi connectivity index (χ1v) is 17.9. The Morgan fingerprint density at radius 2 is 1.76 bits per heavy atom. The molecule has 0 aromatic rings. The second-order valence-electron chi connectivity index (χ2n) is 14.4.